The summed E-state index contributed by atoms with van der Waals surface area (Å²) in [5, 5.41) is 6.71. The van der Waals surface area contributed by atoms with Crippen LogP contribution in [0.3, 0.4) is 0 Å². The van der Waals surface area contributed by atoms with E-state index >= 15 is 0 Å². The van der Waals surface area contributed by atoms with Crippen molar-refractivity contribution in [2.45, 2.75) is 0 Å². The summed E-state index contributed by atoms with van der Waals surface area (Å²) in [5.74, 6) is 3.10. The van der Waals surface area contributed by atoms with Crippen molar-refractivity contribution in [1.29, 1.82) is 0 Å². The molecule has 2 aliphatic heterocycles. The van der Waals surface area contributed by atoms with Crippen molar-refractivity contribution in [1.82, 2.24) is 0 Å². The predicted molar refractivity (Wildman–Crippen MR) is 220 cm³/mol. The van der Waals surface area contributed by atoms with Gasteiger partial charge in [0.25, 0.3) is 0 Å². The molecular weight excluding hydrogens is 687 g/mol. The largest absolute Gasteiger partial charge is 0.455 e. The molecule has 0 bridgehead atoms. The SMILES string of the molecule is c1ccc2c(c1)oc1c(-c3ccc4c(c3)Oc3cc5c(sc6ccccc65)c5c3N4c3ccc(-c4cccc6c4oc4ccccc46)cc3O5)cccc12. The molecule has 0 fully saturated rings. The molecule has 0 spiro atoms. The second-order valence-electron chi connectivity index (χ2n) is 14.0. The summed E-state index contributed by atoms with van der Waals surface area (Å²) in [4.78, 5) is 2.31. The Labute approximate surface area is 311 Å². The molecular formula is C48H25NO4S. The highest BCUT2D eigenvalue weighted by Gasteiger charge is 2.37. The zero-order valence-corrected chi connectivity index (χ0v) is 29.2. The smallest absolute Gasteiger partial charge is 0.173 e. The number of benzene rings is 8. The van der Waals surface area contributed by atoms with Crippen molar-refractivity contribution in [2.24, 2.45) is 0 Å². The lowest BCUT2D eigenvalue weighted by Crippen LogP contribution is -2.20. The molecule has 0 radical (unpaired) electrons. The maximum atomic E-state index is 7.03. The van der Waals surface area contributed by atoms with Gasteiger partial charge in [-0.25, -0.2) is 0 Å². The third-order valence-electron chi connectivity index (χ3n) is 11.1. The molecule has 11 aromatic rings. The Kier molecular flexibility index (Phi) is 5.45. The van der Waals surface area contributed by atoms with Gasteiger partial charge in [0.05, 0.1) is 16.1 Å². The minimum atomic E-state index is 0.759. The van der Waals surface area contributed by atoms with E-state index in [1.54, 1.807) is 11.3 Å². The van der Waals surface area contributed by atoms with Crippen molar-refractivity contribution < 1.29 is 18.3 Å². The van der Waals surface area contributed by atoms with Gasteiger partial charge in [0, 0.05) is 48.1 Å². The van der Waals surface area contributed by atoms with Gasteiger partial charge < -0.3 is 18.3 Å². The van der Waals surface area contributed by atoms with Crippen LogP contribution in [-0.2, 0) is 0 Å². The lowest BCUT2D eigenvalue weighted by atomic mass is 9.98. The third-order valence-corrected chi connectivity index (χ3v) is 12.2. The summed E-state index contributed by atoms with van der Waals surface area (Å²) in [6.45, 7) is 0. The molecule has 5 nitrogen and oxygen atoms in total. The molecule has 0 saturated carbocycles. The van der Waals surface area contributed by atoms with Crippen molar-refractivity contribution in [3.05, 3.63) is 152 Å². The van der Waals surface area contributed by atoms with E-state index in [-0.39, 0.29) is 0 Å². The summed E-state index contributed by atoms with van der Waals surface area (Å²) in [6, 6.07) is 52.8. The Hall–Kier alpha value is -7.02. The third kappa shape index (κ3) is 3.77. The highest BCUT2D eigenvalue weighted by Crippen LogP contribution is 2.63. The van der Waals surface area contributed by atoms with Crippen molar-refractivity contribution in [2.75, 3.05) is 4.90 Å². The fraction of sp³-hybridized carbons (Fsp3) is 0. The summed E-state index contributed by atoms with van der Waals surface area (Å²) in [5.41, 5.74) is 10.4. The van der Waals surface area contributed by atoms with Gasteiger partial charge >= 0.3 is 0 Å². The maximum Gasteiger partial charge on any atom is 0.173 e. The van der Waals surface area contributed by atoms with Crippen LogP contribution < -0.4 is 14.4 Å². The van der Waals surface area contributed by atoms with Gasteiger partial charge in [0.1, 0.15) is 28.0 Å². The first-order valence-electron chi connectivity index (χ1n) is 18.0. The number of para-hydroxylation sites is 4. The second kappa shape index (κ2) is 10.3. The molecule has 0 unspecified atom stereocenters. The van der Waals surface area contributed by atoms with E-state index < -0.39 is 0 Å². The highest BCUT2D eigenvalue weighted by molar-refractivity contribution is 7.26. The maximum absolute atomic E-state index is 7.03. The van der Waals surface area contributed by atoms with Crippen LogP contribution in [0.4, 0.5) is 17.1 Å². The number of thiophene rings is 1. The Morgan fingerprint density at radius 1 is 0.426 bits per heavy atom. The van der Waals surface area contributed by atoms with Gasteiger partial charge in [-0.2, -0.15) is 0 Å². The van der Waals surface area contributed by atoms with E-state index in [0.29, 0.717) is 0 Å². The monoisotopic (exact) mass is 711 g/mol. The number of furan rings is 2. The zero-order valence-electron chi connectivity index (χ0n) is 28.4. The van der Waals surface area contributed by atoms with Crippen LogP contribution >= 0.6 is 11.3 Å². The normalized spacial score (nSPS) is 13.1. The molecule has 252 valence electrons. The first-order chi connectivity index (χ1) is 26.7. The van der Waals surface area contributed by atoms with Gasteiger partial charge in [0.15, 0.2) is 23.0 Å². The minimum absolute atomic E-state index is 0.759. The first-order valence-corrected chi connectivity index (χ1v) is 18.8. The van der Waals surface area contributed by atoms with E-state index in [2.05, 4.69) is 132 Å². The topological polar surface area (TPSA) is 48.0 Å². The lowest BCUT2D eigenvalue weighted by molar-refractivity contribution is 0.450. The van der Waals surface area contributed by atoms with Gasteiger partial charge in [-0.15, -0.1) is 11.3 Å². The minimum Gasteiger partial charge on any atom is -0.455 e. The van der Waals surface area contributed by atoms with E-state index in [0.717, 1.165) is 116 Å². The Morgan fingerprint density at radius 2 is 0.981 bits per heavy atom. The Bertz CT molecular complexity index is 3410. The number of nitrogens with zero attached hydrogens (tertiary/aromatic N) is 1. The zero-order chi connectivity index (χ0) is 35.1. The van der Waals surface area contributed by atoms with Crippen LogP contribution in [-0.4, -0.2) is 0 Å². The molecule has 0 amide bonds. The number of anilines is 3. The van der Waals surface area contributed by atoms with E-state index in [9.17, 15) is 0 Å². The van der Waals surface area contributed by atoms with Gasteiger partial charge in [-0.1, -0.05) is 103 Å². The summed E-state index contributed by atoms with van der Waals surface area (Å²) in [6.07, 6.45) is 0. The van der Waals surface area contributed by atoms with E-state index in [1.807, 2.05) is 24.3 Å². The Balaban J connectivity index is 1.03. The van der Waals surface area contributed by atoms with Crippen molar-refractivity contribution in [3.8, 4) is 45.3 Å². The van der Waals surface area contributed by atoms with Crippen LogP contribution in [0.15, 0.2) is 160 Å². The number of rotatable bonds is 2. The summed E-state index contributed by atoms with van der Waals surface area (Å²) in [7, 11) is 0. The van der Waals surface area contributed by atoms with Gasteiger partial charge in [-0.3, -0.25) is 4.90 Å². The highest BCUT2D eigenvalue weighted by atomic mass is 32.1. The quantitative estimate of drug-likeness (QED) is 0.179. The van der Waals surface area contributed by atoms with Crippen LogP contribution in [0.25, 0.3) is 86.3 Å². The van der Waals surface area contributed by atoms with Crippen LogP contribution in [0.1, 0.15) is 0 Å². The molecule has 0 N–H and O–H groups in total. The number of hydrogen-bond acceptors (Lipinski definition) is 6. The standard InChI is InChI=1S/C48H25NO4S/c1-4-16-38-30(9-1)33-14-7-12-28(45(33)51-38)26-19-21-36-40(23-26)50-42-25-35-32-11-3-6-18-43(32)54-48(35)47-44(42)49(36)37-22-20-27(24-41(37)53-47)29-13-8-15-34-31-10-2-5-17-39(31)52-46(29)34/h1-25H. The van der Waals surface area contributed by atoms with E-state index in [4.69, 9.17) is 18.3 Å². The predicted octanol–water partition coefficient (Wildman–Crippen LogP) is 14.9. The van der Waals surface area contributed by atoms with Gasteiger partial charge in [0.2, 0.25) is 0 Å². The fourth-order valence-electron chi connectivity index (χ4n) is 8.62. The van der Waals surface area contributed by atoms with Crippen LogP contribution in [0.2, 0.25) is 0 Å². The average Bonchev–Trinajstić information content (AvgIpc) is 3.92. The number of ether oxygens (including phenoxy) is 2. The molecule has 0 aliphatic carbocycles. The molecule has 0 saturated heterocycles. The second-order valence-corrected chi connectivity index (χ2v) is 15.0. The summed E-state index contributed by atoms with van der Waals surface area (Å²) >= 11 is 1.75. The molecule has 6 heteroatoms. The molecule has 8 aromatic carbocycles. The molecule has 13 rings (SSSR count). The number of fused-ring (bicyclic) bond motifs is 14. The van der Waals surface area contributed by atoms with Crippen molar-refractivity contribution in [3.63, 3.8) is 0 Å². The molecule has 3 aromatic heterocycles. The molecule has 0 atom stereocenters. The Morgan fingerprint density at radius 3 is 1.63 bits per heavy atom. The molecule has 54 heavy (non-hydrogen) atoms. The number of hydrogen-bond donors (Lipinski definition) is 0. The van der Waals surface area contributed by atoms with Gasteiger partial charge in [-0.05, 0) is 59.7 Å². The molecule has 5 heterocycles. The van der Waals surface area contributed by atoms with E-state index in [1.165, 1.54) is 10.1 Å². The van der Waals surface area contributed by atoms with Crippen LogP contribution in [0, 0.1) is 0 Å². The van der Waals surface area contributed by atoms with Crippen LogP contribution in [0.5, 0.6) is 23.0 Å². The summed E-state index contributed by atoms with van der Waals surface area (Å²) < 4.78 is 29.2. The fourth-order valence-corrected chi connectivity index (χ4v) is 9.79. The first kappa shape index (κ1) is 28.6. The van der Waals surface area contributed by atoms with Crippen molar-refractivity contribution >= 4 is 92.4 Å². The average molecular weight is 712 g/mol. The lowest BCUT2D eigenvalue weighted by Gasteiger charge is -2.38. The molecule has 2 aliphatic rings.